The molecular weight excluding hydrogens is 554 g/mol. The zero-order chi connectivity index (χ0) is 29.1. The van der Waals surface area contributed by atoms with E-state index in [9.17, 15) is 14.7 Å². The number of aliphatic imine (C=N–C) groups is 1. The molecule has 11 nitrogen and oxygen atoms in total. The van der Waals surface area contributed by atoms with Crippen molar-refractivity contribution in [2.45, 2.75) is 25.0 Å². The van der Waals surface area contributed by atoms with Crippen molar-refractivity contribution in [3.63, 3.8) is 0 Å². The number of aliphatic hydroxyl groups is 1. The maximum absolute atomic E-state index is 12.5. The van der Waals surface area contributed by atoms with Gasteiger partial charge in [0.1, 0.15) is 24.0 Å². The van der Waals surface area contributed by atoms with Gasteiger partial charge in [-0.25, -0.2) is 4.79 Å². The van der Waals surface area contributed by atoms with E-state index >= 15 is 0 Å². The molecule has 0 aliphatic carbocycles. The second-order valence-corrected chi connectivity index (χ2v) is 12.1. The fraction of sp³-hybridized carbons (Fsp3) is 0.433. The maximum atomic E-state index is 12.5. The van der Waals surface area contributed by atoms with Crippen molar-refractivity contribution in [3.05, 3.63) is 63.4 Å². The number of piperidine rings is 1. The number of ether oxygens (including phenoxy) is 1. The second-order valence-electron chi connectivity index (χ2n) is 11.1. The van der Waals surface area contributed by atoms with Gasteiger partial charge in [-0.15, -0.1) is 0 Å². The van der Waals surface area contributed by atoms with E-state index in [0.29, 0.717) is 34.3 Å². The number of nitrogens with zero attached hydrogens (tertiary/aromatic N) is 4. The summed E-state index contributed by atoms with van der Waals surface area (Å²) < 4.78 is 5.78. The number of imidazole rings is 1. The average molecular weight is 592 g/mol. The van der Waals surface area contributed by atoms with Crippen LogP contribution in [-0.2, 0) is 4.79 Å². The van der Waals surface area contributed by atoms with Crippen LogP contribution in [0, 0.1) is 0 Å². The van der Waals surface area contributed by atoms with Gasteiger partial charge < -0.3 is 39.8 Å². The van der Waals surface area contributed by atoms with Gasteiger partial charge in [-0.05, 0) is 67.6 Å². The first-order valence-corrected chi connectivity index (χ1v) is 15.3. The summed E-state index contributed by atoms with van der Waals surface area (Å²) >= 11 is 1.48. The molecule has 0 spiro atoms. The normalized spacial score (nSPS) is 20.5. The van der Waals surface area contributed by atoms with Crippen LogP contribution in [0.25, 0.3) is 17.1 Å². The summed E-state index contributed by atoms with van der Waals surface area (Å²) in [6.45, 7) is 6.17. The van der Waals surface area contributed by atoms with Crippen LogP contribution in [0.15, 0.2) is 57.2 Å². The lowest BCUT2D eigenvalue weighted by atomic mass is 10.0. The molecule has 42 heavy (non-hydrogen) atoms. The van der Waals surface area contributed by atoms with Gasteiger partial charge in [-0.3, -0.25) is 4.79 Å². The number of likely N-dealkylation sites (N-methyl/N-ethyl adjacent to an activating group) is 1. The van der Waals surface area contributed by atoms with Crippen molar-refractivity contribution in [2.24, 2.45) is 4.99 Å². The van der Waals surface area contributed by atoms with E-state index in [1.807, 2.05) is 6.08 Å². The van der Waals surface area contributed by atoms with Gasteiger partial charge in [0.05, 0.1) is 10.4 Å². The van der Waals surface area contributed by atoms with Gasteiger partial charge in [0, 0.05) is 57.5 Å². The minimum absolute atomic E-state index is 0.133. The number of aromatic amines is 2. The second kappa shape index (κ2) is 12.7. The Morgan fingerprint density at radius 1 is 1.05 bits per heavy atom. The van der Waals surface area contributed by atoms with E-state index in [1.165, 1.54) is 17.4 Å². The summed E-state index contributed by atoms with van der Waals surface area (Å²) in [5.74, 6) is 0.386. The van der Waals surface area contributed by atoms with Crippen molar-refractivity contribution < 1.29 is 14.6 Å². The molecule has 2 aromatic carbocycles. The Kier molecular flexibility index (Phi) is 8.66. The molecule has 1 atom stereocenters. The number of H-pyrrole nitrogens is 2. The standard InChI is InChI=1S/C30H37N7O4S/c1-35-13-15-37(16-14-35)30-34-28(39)26(42-30)17-20-5-7-22(8-6-20)36-11-9-21(10-12-36)31-18-23(38)19-41-25-4-2-3-24-27(25)33-29(40)32-24/h2-8,17,21,23,31,38H,9-16,18-19H2,1H3,(H2,32,33,40)/b26-17+/t23-/m0/s1. The number of amides is 1. The number of aromatic nitrogens is 2. The Balaban J connectivity index is 0.938. The van der Waals surface area contributed by atoms with Crippen molar-refractivity contribution in [3.8, 4) is 5.75 Å². The lowest BCUT2D eigenvalue weighted by molar-refractivity contribution is -0.113. The van der Waals surface area contributed by atoms with Crippen LogP contribution in [0.4, 0.5) is 5.69 Å². The third-order valence-electron chi connectivity index (χ3n) is 8.02. The van der Waals surface area contributed by atoms with Crippen molar-refractivity contribution >= 4 is 45.6 Å². The van der Waals surface area contributed by atoms with Gasteiger partial charge in [0.2, 0.25) is 0 Å². The molecule has 2 saturated heterocycles. The third-order valence-corrected chi connectivity index (χ3v) is 9.06. The molecule has 1 aromatic heterocycles. The Hall–Kier alpha value is -3.58. The first kappa shape index (κ1) is 28.5. The SMILES string of the molecule is CN1CCN(C2=NC(=O)/C(=C\c3ccc(N4CCC(NC[C@H](O)COc5cccc6[nH]c(=O)[nH]c56)CC4)cc3)S2)CC1. The van der Waals surface area contributed by atoms with E-state index < -0.39 is 6.10 Å². The van der Waals surface area contributed by atoms with Crippen molar-refractivity contribution in [1.82, 2.24) is 25.1 Å². The Morgan fingerprint density at radius 3 is 2.57 bits per heavy atom. The zero-order valence-corrected chi connectivity index (χ0v) is 24.5. The highest BCUT2D eigenvalue weighted by atomic mass is 32.2. The molecule has 4 N–H and O–H groups in total. The summed E-state index contributed by atoms with van der Waals surface area (Å²) in [5.41, 5.74) is 3.16. The van der Waals surface area contributed by atoms with Crippen LogP contribution in [-0.4, -0.2) is 108 Å². The van der Waals surface area contributed by atoms with E-state index in [-0.39, 0.29) is 18.2 Å². The van der Waals surface area contributed by atoms with Gasteiger partial charge in [-0.1, -0.05) is 18.2 Å². The summed E-state index contributed by atoms with van der Waals surface area (Å²) in [6.07, 6.45) is 3.22. The average Bonchev–Trinajstić information content (AvgIpc) is 3.57. The lowest BCUT2D eigenvalue weighted by Crippen LogP contribution is -2.46. The lowest BCUT2D eigenvalue weighted by Gasteiger charge is -2.34. The highest BCUT2D eigenvalue weighted by molar-refractivity contribution is 8.18. The molecule has 2 fully saturated rings. The van der Waals surface area contributed by atoms with Crippen LogP contribution in [0.1, 0.15) is 18.4 Å². The summed E-state index contributed by atoms with van der Waals surface area (Å²) in [6, 6.07) is 14.1. The highest BCUT2D eigenvalue weighted by Crippen LogP contribution is 2.31. The van der Waals surface area contributed by atoms with E-state index in [2.05, 4.69) is 66.3 Å². The predicted molar refractivity (Wildman–Crippen MR) is 167 cm³/mol. The highest BCUT2D eigenvalue weighted by Gasteiger charge is 2.28. The zero-order valence-electron chi connectivity index (χ0n) is 23.7. The number of thioether (sulfide) groups is 1. The van der Waals surface area contributed by atoms with E-state index in [1.54, 1.807) is 18.2 Å². The van der Waals surface area contributed by atoms with Gasteiger partial charge in [0.15, 0.2) is 5.17 Å². The molecule has 3 aromatic rings. The number of piperazine rings is 1. The van der Waals surface area contributed by atoms with Crippen molar-refractivity contribution in [1.29, 1.82) is 0 Å². The molecule has 6 rings (SSSR count). The topological polar surface area (TPSA) is 129 Å². The molecule has 1 amide bonds. The molecule has 12 heteroatoms. The Morgan fingerprint density at radius 2 is 1.81 bits per heavy atom. The molecule has 222 valence electrons. The number of aliphatic hydroxyl groups excluding tert-OH is 1. The molecule has 3 aliphatic rings. The summed E-state index contributed by atoms with van der Waals surface area (Å²) in [7, 11) is 2.11. The first-order valence-electron chi connectivity index (χ1n) is 14.5. The van der Waals surface area contributed by atoms with Gasteiger partial charge in [0.25, 0.3) is 5.91 Å². The summed E-state index contributed by atoms with van der Waals surface area (Å²) in [5, 5.41) is 14.8. The fourth-order valence-corrected chi connectivity index (χ4v) is 6.47. The third kappa shape index (κ3) is 6.73. The van der Waals surface area contributed by atoms with Gasteiger partial charge in [-0.2, -0.15) is 4.99 Å². The van der Waals surface area contributed by atoms with Crippen LogP contribution in [0.3, 0.4) is 0 Å². The number of anilines is 1. The molecule has 0 unspecified atom stereocenters. The number of carbonyl (C=O) groups excluding carboxylic acids is 1. The fourth-order valence-electron chi connectivity index (χ4n) is 5.50. The number of amidine groups is 1. The molecule has 3 aliphatic heterocycles. The number of hydrogen-bond acceptors (Lipinski definition) is 9. The Labute approximate surface area is 248 Å². The molecule has 0 bridgehead atoms. The van der Waals surface area contributed by atoms with Crippen LogP contribution in [0.2, 0.25) is 0 Å². The maximum Gasteiger partial charge on any atom is 0.323 e. The minimum Gasteiger partial charge on any atom is -0.489 e. The number of para-hydroxylation sites is 1. The van der Waals surface area contributed by atoms with Crippen LogP contribution >= 0.6 is 11.8 Å². The number of nitrogens with one attached hydrogen (secondary N) is 3. The van der Waals surface area contributed by atoms with Crippen LogP contribution < -0.4 is 20.6 Å². The van der Waals surface area contributed by atoms with E-state index in [4.69, 9.17) is 4.74 Å². The number of benzene rings is 2. The number of rotatable bonds is 8. The minimum atomic E-state index is -0.668. The number of fused-ring (bicyclic) bond motifs is 1. The molecular formula is C30H37N7O4S. The van der Waals surface area contributed by atoms with Crippen LogP contribution in [0.5, 0.6) is 5.75 Å². The largest absolute Gasteiger partial charge is 0.489 e. The van der Waals surface area contributed by atoms with Gasteiger partial charge >= 0.3 is 5.69 Å². The number of hydrogen-bond donors (Lipinski definition) is 4. The molecule has 0 saturated carbocycles. The number of carbonyl (C=O) groups is 1. The monoisotopic (exact) mass is 591 g/mol. The summed E-state index contributed by atoms with van der Waals surface area (Å²) in [4.78, 5) is 41.4. The molecule has 4 heterocycles. The van der Waals surface area contributed by atoms with Crippen molar-refractivity contribution in [2.75, 3.05) is 64.4 Å². The smallest absolute Gasteiger partial charge is 0.323 e. The quantitative estimate of drug-likeness (QED) is 0.291. The van der Waals surface area contributed by atoms with E-state index in [0.717, 1.165) is 62.8 Å². The Bertz CT molecular complexity index is 1520. The first-order chi connectivity index (χ1) is 20.4. The predicted octanol–water partition coefficient (Wildman–Crippen LogP) is 2.07. The molecule has 0 radical (unpaired) electrons.